The van der Waals surface area contributed by atoms with Gasteiger partial charge in [-0.2, -0.15) is 0 Å². The van der Waals surface area contributed by atoms with E-state index in [0.29, 0.717) is 11.6 Å². The van der Waals surface area contributed by atoms with Gasteiger partial charge in [0.15, 0.2) is 0 Å². The van der Waals surface area contributed by atoms with E-state index in [1.165, 1.54) is 11.3 Å². The number of carbonyl (C=O) groups excluding carboxylic acids is 1. The highest BCUT2D eigenvalue weighted by Gasteiger charge is 2.23. The number of rotatable bonds is 5. The fraction of sp³-hybridized carbons (Fsp3) is 0.600. The summed E-state index contributed by atoms with van der Waals surface area (Å²) in [4.78, 5) is 15.4. The lowest BCUT2D eigenvalue weighted by atomic mass is 10.2. The summed E-state index contributed by atoms with van der Waals surface area (Å²) in [5.41, 5.74) is 5.34. The number of hydrogen-bond donors (Lipinski definition) is 2. The summed E-state index contributed by atoms with van der Waals surface area (Å²) in [5, 5.41) is 5.66. The van der Waals surface area contributed by atoms with Crippen LogP contribution in [0, 0.1) is 0 Å². The molecule has 1 aliphatic heterocycles. The Kier molecular flexibility index (Phi) is 3.87. The first-order valence-corrected chi connectivity index (χ1v) is 6.19. The first kappa shape index (κ1) is 11.5. The molecule has 0 aromatic carbocycles. The van der Waals surface area contributed by atoms with Crippen LogP contribution in [0.3, 0.4) is 0 Å². The second-order valence-electron chi connectivity index (χ2n) is 3.75. The number of amides is 1. The van der Waals surface area contributed by atoms with Crippen molar-refractivity contribution in [1.29, 1.82) is 0 Å². The van der Waals surface area contributed by atoms with Crippen LogP contribution in [-0.4, -0.2) is 30.1 Å². The molecule has 0 bridgehead atoms. The molecule has 2 heterocycles. The topological polar surface area (TPSA) is 77.2 Å². The quantitative estimate of drug-likeness (QED) is 0.784. The molecule has 1 aromatic rings. The zero-order chi connectivity index (χ0) is 11.4. The van der Waals surface area contributed by atoms with Gasteiger partial charge in [-0.25, -0.2) is 4.98 Å². The molecule has 6 heteroatoms. The van der Waals surface area contributed by atoms with E-state index in [4.69, 9.17) is 10.5 Å². The third kappa shape index (κ3) is 2.78. The number of thiazole rings is 1. The second-order valence-corrected chi connectivity index (χ2v) is 4.68. The highest BCUT2D eigenvalue weighted by molar-refractivity contribution is 7.09. The monoisotopic (exact) mass is 241 g/mol. The Bertz CT molecular complexity index is 336. The summed E-state index contributed by atoms with van der Waals surface area (Å²) < 4.78 is 5.47. The molecule has 16 heavy (non-hydrogen) atoms. The maximum Gasteiger partial charge on any atom is 0.241 e. The summed E-state index contributed by atoms with van der Waals surface area (Å²) in [5.74, 6) is -0.395. The van der Waals surface area contributed by atoms with Crippen molar-refractivity contribution in [3.05, 3.63) is 16.6 Å². The second kappa shape index (κ2) is 5.38. The van der Waals surface area contributed by atoms with Gasteiger partial charge in [-0.1, -0.05) is 0 Å². The smallest absolute Gasteiger partial charge is 0.241 e. The summed E-state index contributed by atoms with van der Waals surface area (Å²) in [6, 6.07) is -0.496. The van der Waals surface area contributed by atoms with Gasteiger partial charge in [-0.3, -0.25) is 10.1 Å². The summed E-state index contributed by atoms with van der Waals surface area (Å²) >= 11 is 1.43. The van der Waals surface area contributed by atoms with E-state index in [2.05, 4.69) is 10.3 Å². The van der Waals surface area contributed by atoms with Crippen molar-refractivity contribution in [3.63, 3.8) is 0 Å². The molecule has 0 saturated carbocycles. The predicted octanol–water partition coefficient (Wildman–Crippen LogP) is 0.438. The van der Waals surface area contributed by atoms with Gasteiger partial charge < -0.3 is 10.5 Å². The van der Waals surface area contributed by atoms with Crippen molar-refractivity contribution in [3.8, 4) is 0 Å². The maximum absolute atomic E-state index is 11.3. The zero-order valence-corrected chi connectivity index (χ0v) is 9.70. The average Bonchev–Trinajstić information content (AvgIpc) is 2.88. The van der Waals surface area contributed by atoms with Crippen LogP contribution in [0.15, 0.2) is 11.6 Å². The predicted molar refractivity (Wildman–Crippen MR) is 61.0 cm³/mol. The van der Waals surface area contributed by atoms with Gasteiger partial charge in [0.1, 0.15) is 11.0 Å². The molecular formula is C10H15N3O2S. The minimum atomic E-state index is -0.496. The lowest BCUT2D eigenvalue weighted by Crippen LogP contribution is -2.37. The normalized spacial score (nSPS) is 22.1. The van der Waals surface area contributed by atoms with Crippen LogP contribution >= 0.6 is 11.3 Å². The third-order valence-electron chi connectivity index (χ3n) is 2.56. The van der Waals surface area contributed by atoms with E-state index >= 15 is 0 Å². The van der Waals surface area contributed by atoms with Gasteiger partial charge in [0, 0.05) is 24.7 Å². The molecule has 2 rings (SSSR count). The Morgan fingerprint density at radius 2 is 2.69 bits per heavy atom. The number of primary amides is 1. The van der Waals surface area contributed by atoms with E-state index in [0.717, 1.165) is 19.4 Å². The molecule has 3 N–H and O–H groups in total. The molecule has 1 fully saturated rings. The van der Waals surface area contributed by atoms with E-state index < -0.39 is 11.9 Å². The van der Waals surface area contributed by atoms with Gasteiger partial charge in [-0.05, 0) is 12.8 Å². The molecule has 1 amide bonds. The highest BCUT2D eigenvalue weighted by Crippen LogP contribution is 2.17. The Morgan fingerprint density at radius 3 is 3.25 bits per heavy atom. The lowest BCUT2D eigenvalue weighted by molar-refractivity contribution is -0.120. The van der Waals surface area contributed by atoms with Crippen molar-refractivity contribution in [2.24, 2.45) is 5.73 Å². The van der Waals surface area contributed by atoms with Crippen LogP contribution < -0.4 is 11.1 Å². The first-order valence-electron chi connectivity index (χ1n) is 5.31. The van der Waals surface area contributed by atoms with Crippen molar-refractivity contribution in [1.82, 2.24) is 10.3 Å². The molecule has 0 aliphatic carbocycles. The van der Waals surface area contributed by atoms with Crippen LogP contribution in [0.5, 0.6) is 0 Å². The SMILES string of the molecule is NC(=O)C(NCC1CCCO1)c1nccs1. The molecule has 2 atom stereocenters. The van der Waals surface area contributed by atoms with E-state index in [-0.39, 0.29) is 6.10 Å². The van der Waals surface area contributed by atoms with Crippen LogP contribution in [0.4, 0.5) is 0 Å². The first-order chi connectivity index (χ1) is 7.77. The molecule has 1 saturated heterocycles. The van der Waals surface area contributed by atoms with Crippen LogP contribution in [0.2, 0.25) is 0 Å². The number of ether oxygens (including phenoxy) is 1. The minimum absolute atomic E-state index is 0.196. The van der Waals surface area contributed by atoms with Crippen LogP contribution in [0.1, 0.15) is 23.9 Å². The lowest BCUT2D eigenvalue weighted by Gasteiger charge is -2.16. The van der Waals surface area contributed by atoms with Gasteiger partial charge in [0.2, 0.25) is 5.91 Å². The van der Waals surface area contributed by atoms with Gasteiger partial charge in [0.05, 0.1) is 6.10 Å². The molecule has 5 nitrogen and oxygen atoms in total. The highest BCUT2D eigenvalue weighted by atomic mass is 32.1. The third-order valence-corrected chi connectivity index (χ3v) is 3.40. The van der Waals surface area contributed by atoms with Gasteiger partial charge in [0.25, 0.3) is 0 Å². The number of hydrogen-bond acceptors (Lipinski definition) is 5. The van der Waals surface area contributed by atoms with Crippen molar-refractivity contribution in [2.45, 2.75) is 25.0 Å². The van der Waals surface area contributed by atoms with Crippen LogP contribution in [-0.2, 0) is 9.53 Å². The standard InChI is InChI=1S/C10H15N3O2S/c11-9(14)8(10-12-3-5-16-10)13-6-7-2-1-4-15-7/h3,5,7-8,13H,1-2,4,6H2,(H2,11,14). The average molecular weight is 241 g/mol. The largest absolute Gasteiger partial charge is 0.377 e. The summed E-state index contributed by atoms with van der Waals surface area (Å²) in [7, 11) is 0. The molecule has 1 aromatic heterocycles. The molecule has 88 valence electrons. The summed E-state index contributed by atoms with van der Waals surface area (Å²) in [6.07, 6.45) is 3.99. The van der Waals surface area contributed by atoms with Gasteiger partial charge in [-0.15, -0.1) is 11.3 Å². The molecular weight excluding hydrogens is 226 g/mol. The number of aromatic nitrogens is 1. The zero-order valence-electron chi connectivity index (χ0n) is 8.89. The number of carbonyl (C=O) groups is 1. The number of nitrogens with one attached hydrogen (secondary N) is 1. The number of nitrogens with two attached hydrogens (primary N) is 1. The van der Waals surface area contributed by atoms with Crippen LogP contribution in [0.25, 0.3) is 0 Å². The van der Waals surface area contributed by atoms with Gasteiger partial charge >= 0.3 is 0 Å². The fourth-order valence-electron chi connectivity index (χ4n) is 1.74. The van der Waals surface area contributed by atoms with E-state index in [1.54, 1.807) is 6.20 Å². The van der Waals surface area contributed by atoms with Crippen molar-refractivity contribution >= 4 is 17.2 Å². The minimum Gasteiger partial charge on any atom is -0.377 e. The Labute approximate surface area is 98.0 Å². The van der Waals surface area contributed by atoms with Crippen molar-refractivity contribution < 1.29 is 9.53 Å². The molecule has 0 radical (unpaired) electrons. The van der Waals surface area contributed by atoms with E-state index in [1.807, 2.05) is 5.38 Å². The number of nitrogens with zero attached hydrogens (tertiary/aromatic N) is 1. The molecule has 1 aliphatic rings. The Hall–Kier alpha value is -0.980. The fourth-order valence-corrected chi connectivity index (χ4v) is 2.46. The molecule has 0 spiro atoms. The van der Waals surface area contributed by atoms with E-state index in [9.17, 15) is 4.79 Å². The molecule has 2 unspecified atom stereocenters. The van der Waals surface area contributed by atoms with Crippen molar-refractivity contribution in [2.75, 3.05) is 13.2 Å². The Balaban J connectivity index is 1.90. The Morgan fingerprint density at radius 1 is 1.81 bits per heavy atom. The summed E-state index contributed by atoms with van der Waals surface area (Å²) in [6.45, 7) is 1.46. The maximum atomic E-state index is 11.3.